The maximum absolute atomic E-state index is 11.3. The summed E-state index contributed by atoms with van der Waals surface area (Å²) in [6, 6.07) is 4.96. The van der Waals surface area contributed by atoms with Gasteiger partial charge in [0.15, 0.2) is 0 Å². The van der Waals surface area contributed by atoms with Gasteiger partial charge in [-0.3, -0.25) is 0 Å². The number of methoxy groups -OCH3 is 1. The van der Waals surface area contributed by atoms with Crippen molar-refractivity contribution in [1.29, 1.82) is 0 Å². The number of aromatic carboxylic acids is 1. The zero-order chi connectivity index (χ0) is 14.4. The van der Waals surface area contributed by atoms with Gasteiger partial charge >= 0.3 is 5.97 Å². The minimum absolute atomic E-state index is 0.233. The van der Waals surface area contributed by atoms with E-state index in [2.05, 4.69) is 13.8 Å². The first-order chi connectivity index (χ1) is 8.97. The summed E-state index contributed by atoms with van der Waals surface area (Å²) in [6.07, 6.45) is 0. The van der Waals surface area contributed by atoms with Gasteiger partial charge in [-0.15, -0.1) is 0 Å². The average molecular weight is 266 g/mol. The van der Waals surface area contributed by atoms with Crippen molar-refractivity contribution in [3.05, 3.63) is 23.8 Å². The van der Waals surface area contributed by atoms with E-state index < -0.39 is 5.97 Å². The van der Waals surface area contributed by atoms with Gasteiger partial charge in [0.25, 0.3) is 0 Å². The van der Waals surface area contributed by atoms with E-state index in [-0.39, 0.29) is 5.56 Å². The number of para-hydroxylation sites is 1. The van der Waals surface area contributed by atoms with Gasteiger partial charge in [0.1, 0.15) is 0 Å². The molecule has 1 rings (SSSR count). The van der Waals surface area contributed by atoms with Crippen molar-refractivity contribution in [3.63, 3.8) is 0 Å². The molecule has 0 bridgehead atoms. The highest BCUT2D eigenvalue weighted by molar-refractivity contribution is 5.98. The zero-order valence-corrected chi connectivity index (χ0v) is 11.7. The SMILES string of the molecule is COCCN(CC(C)C)c1c(N)cccc1C(=O)O. The highest BCUT2D eigenvalue weighted by Gasteiger charge is 2.19. The number of anilines is 2. The fraction of sp³-hybridized carbons (Fsp3) is 0.500. The quantitative estimate of drug-likeness (QED) is 0.739. The molecular formula is C14H22N2O3. The first kappa shape index (κ1) is 15.3. The summed E-state index contributed by atoms with van der Waals surface area (Å²) in [4.78, 5) is 13.3. The number of carbonyl (C=O) groups is 1. The molecule has 0 radical (unpaired) electrons. The average Bonchev–Trinajstić information content (AvgIpc) is 2.33. The number of hydrogen-bond donors (Lipinski definition) is 2. The second-order valence-corrected chi connectivity index (χ2v) is 4.88. The third-order valence-electron chi connectivity index (χ3n) is 2.76. The zero-order valence-electron chi connectivity index (χ0n) is 11.7. The monoisotopic (exact) mass is 266 g/mol. The van der Waals surface area contributed by atoms with Gasteiger partial charge in [-0.2, -0.15) is 0 Å². The fourth-order valence-corrected chi connectivity index (χ4v) is 2.02. The minimum atomic E-state index is -0.964. The Morgan fingerprint density at radius 3 is 2.68 bits per heavy atom. The summed E-state index contributed by atoms with van der Waals surface area (Å²) < 4.78 is 5.09. The Labute approximate surface area is 114 Å². The lowest BCUT2D eigenvalue weighted by molar-refractivity contribution is 0.0697. The summed E-state index contributed by atoms with van der Waals surface area (Å²) in [6.45, 7) is 6.04. The largest absolute Gasteiger partial charge is 0.478 e. The highest BCUT2D eigenvalue weighted by Crippen LogP contribution is 2.28. The third kappa shape index (κ3) is 4.13. The molecule has 0 unspecified atom stereocenters. The van der Waals surface area contributed by atoms with Crippen LogP contribution in [-0.2, 0) is 4.74 Å². The van der Waals surface area contributed by atoms with Crippen LogP contribution in [0, 0.1) is 5.92 Å². The number of rotatable bonds is 7. The molecule has 3 N–H and O–H groups in total. The second kappa shape index (κ2) is 6.99. The lowest BCUT2D eigenvalue weighted by Gasteiger charge is -2.29. The third-order valence-corrected chi connectivity index (χ3v) is 2.76. The van der Waals surface area contributed by atoms with Crippen molar-refractivity contribution in [2.75, 3.05) is 37.4 Å². The Morgan fingerprint density at radius 1 is 1.47 bits per heavy atom. The molecule has 0 fully saturated rings. The molecule has 1 aromatic carbocycles. The molecule has 19 heavy (non-hydrogen) atoms. The van der Waals surface area contributed by atoms with Crippen LogP contribution in [0.25, 0.3) is 0 Å². The number of nitrogens with zero attached hydrogens (tertiary/aromatic N) is 1. The van der Waals surface area contributed by atoms with Gasteiger partial charge < -0.3 is 20.5 Å². The molecule has 0 saturated heterocycles. The van der Waals surface area contributed by atoms with Gasteiger partial charge in [-0.25, -0.2) is 4.79 Å². The molecule has 5 heteroatoms. The van der Waals surface area contributed by atoms with E-state index in [1.165, 1.54) is 0 Å². The van der Waals surface area contributed by atoms with Gasteiger partial charge in [0.05, 0.1) is 23.5 Å². The first-order valence-electron chi connectivity index (χ1n) is 6.33. The van der Waals surface area contributed by atoms with E-state index in [9.17, 15) is 9.90 Å². The minimum Gasteiger partial charge on any atom is -0.478 e. The Bertz CT molecular complexity index is 433. The van der Waals surface area contributed by atoms with Crippen LogP contribution in [0.5, 0.6) is 0 Å². The first-order valence-corrected chi connectivity index (χ1v) is 6.33. The molecule has 0 aliphatic carbocycles. The van der Waals surface area contributed by atoms with Crippen molar-refractivity contribution in [3.8, 4) is 0 Å². The number of benzene rings is 1. The Hall–Kier alpha value is -1.75. The predicted molar refractivity (Wildman–Crippen MR) is 76.7 cm³/mol. The van der Waals surface area contributed by atoms with E-state index in [1.807, 2.05) is 4.90 Å². The predicted octanol–water partition coefficient (Wildman–Crippen LogP) is 2.08. The lowest BCUT2D eigenvalue weighted by atomic mass is 10.1. The molecule has 0 aliphatic heterocycles. The van der Waals surface area contributed by atoms with Crippen LogP contribution >= 0.6 is 0 Å². The topological polar surface area (TPSA) is 75.8 Å². The lowest BCUT2D eigenvalue weighted by Crippen LogP contribution is -2.33. The molecule has 0 heterocycles. The van der Waals surface area contributed by atoms with E-state index in [0.717, 1.165) is 6.54 Å². The molecule has 0 aromatic heterocycles. The number of carboxylic acid groups (broad SMARTS) is 1. The van der Waals surface area contributed by atoms with Crippen molar-refractivity contribution >= 4 is 17.3 Å². The van der Waals surface area contributed by atoms with Crippen LogP contribution in [0.3, 0.4) is 0 Å². The summed E-state index contributed by atoms with van der Waals surface area (Å²) in [5, 5.41) is 9.29. The summed E-state index contributed by atoms with van der Waals surface area (Å²) in [5.74, 6) is -0.563. The van der Waals surface area contributed by atoms with E-state index in [4.69, 9.17) is 10.5 Å². The number of nitrogen functional groups attached to an aromatic ring is 1. The second-order valence-electron chi connectivity index (χ2n) is 4.88. The molecular weight excluding hydrogens is 244 g/mol. The van der Waals surface area contributed by atoms with Crippen LogP contribution < -0.4 is 10.6 Å². The fourth-order valence-electron chi connectivity index (χ4n) is 2.02. The van der Waals surface area contributed by atoms with Gasteiger partial charge in [-0.05, 0) is 18.1 Å². The molecule has 106 valence electrons. The van der Waals surface area contributed by atoms with Crippen LogP contribution in [0.15, 0.2) is 18.2 Å². The Morgan fingerprint density at radius 2 is 2.16 bits per heavy atom. The molecule has 0 aliphatic rings. The maximum atomic E-state index is 11.3. The van der Waals surface area contributed by atoms with Crippen molar-refractivity contribution in [2.45, 2.75) is 13.8 Å². The molecule has 0 saturated carbocycles. The molecule has 0 spiro atoms. The smallest absolute Gasteiger partial charge is 0.337 e. The van der Waals surface area contributed by atoms with Crippen molar-refractivity contribution in [2.24, 2.45) is 5.92 Å². The van der Waals surface area contributed by atoms with Gasteiger partial charge in [0.2, 0.25) is 0 Å². The highest BCUT2D eigenvalue weighted by atomic mass is 16.5. The van der Waals surface area contributed by atoms with Crippen molar-refractivity contribution < 1.29 is 14.6 Å². The summed E-state index contributed by atoms with van der Waals surface area (Å²) >= 11 is 0. The Kier molecular flexibility index (Phi) is 5.63. The van der Waals surface area contributed by atoms with Crippen molar-refractivity contribution in [1.82, 2.24) is 0 Å². The normalized spacial score (nSPS) is 10.7. The van der Waals surface area contributed by atoms with E-state index in [0.29, 0.717) is 30.4 Å². The molecule has 0 amide bonds. The van der Waals surface area contributed by atoms with E-state index in [1.54, 1.807) is 25.3 Å². The van der Waals surface area contributed by atoms with E-state index >= 15 is 0 Å². The molecule has 5 nitrogen and oxygen atoms in total. The van der Waals surface area contributed by atoms with Crippen LogP contribution in [0.2, 0.25) is 0 Å². The number of ether oxygens (including phenoxy) is 1. The summed E-state index contributed by atoms with van der Waals surface area (Å²) in [5.41, 5.74) is 7.26. The summed E-state index contributed by atoms with van der Waals surface area (Å²) in [7, 11) is 1.63. The number of nitrogens with two attached hydrogens (primary N) is 1. The number of carboxylic acids is 1. The van der Waals surface area contributed by atoms with Crippen LogP contribution in [0.4, 0.5) is 11.4 Å². The number of hydrogen-bond acceptors (Lipinski definition) is 4. The van der Waals surface area contributed by atoms with Gasteiger partial charge in [-0.1, -0.05) is 19.9 Å². The van der Waals surface area contributed by atoms with Crippen LogP contribution in [0.1, 0.15) is 24.2 Å². The van der Waals surface area contributed by atoms with Crippen LogP contribution in [-0.4, -0.2) is 37.9 Å². The molecule has 1 aromatic rings. The van der Waals surface area contributed by atoms with Gasteiger partial charge in [0, 0.05) is 20.2 Å². The maximum Gasteiger partial charge on any atom is 0.337 e. The molecule has 0 atom stereocenters. The standard InChI is InChI=1S/C14H22N2O3/c1-10(2)9-16(7-8-19-3)13-11(14(17)18)5-4-6-12(13)15/h4-6,10H,7-9,15H2,1-3H3,(H,17,18). The Balaban J connectivity index is 3.15.